The summed E-state index contributed by atoms with van der Waals surface area (Å²) in [5.74, 6) is 1.03. The Bertz CT molecular complexity index is 486. The molecule has 0 aliphatic heterocycles. The van der Waals surface area contributed by atoms with Gasteiger partial charge in [0.15, 0.2) is 0 Å². The lowest BCUT2D eigenvalue weighted by atomic mass is 9.63. The molecule has 1 N–H and O–H groups in total. The van der Waals surface area contributed by atoms with Crippen LogP contribution < -0.4 is 5.32 Å². The van der Waals surface area contributed by atoms with Crippen molar-refractivity contribution in [1.82, 2.24) is 5.32 Å². The molecule has 1 aliphatic rings. The van der Waals surface area contributed by atoms with Crippen LogP contribution in [0.25, 0.3) is 0 Å². The zero-order chi connectivity index (χ0) is 15.6. The Kier molecular flexibility index (Phi) is 5.32. The molecule has 0 spiro atoms. The molecule has 0 amide bonds. The second-order valence-corrected chi connectivity index (χ2v) is 7.44. The number of hydrogen-bond acceptors (Lipinski definition) is 1. The van der Waals surface area contributed by atoms with Gasteiger partial charge in [-0.2, -0.15) is 0 Å². The van der Waals surface area contributed by atoms with Gasteiger partial charge >= 0.3 is 0 Å². The first-order chi connectivity index (χ1) is 9.86. The normalized spacial score (nSPS) is 26.9. The summed E-state index contributed by atoms with van der Waals surface area (Å²) in [6, 6.07) is 5.21. The number of halogens is 2. The monoisotopic (exact) mass is 311 g/mol. The average Bonchev–Trinajstić information content (AvgIpc) is 2.41. The van der Waals surface area contributed by atoms with Crippen LogP contribution in [0.4, 0.5) is 4.39 Å². The Balaban J connectivity index is 2.33. The summed E-state index contributed by atoms with van der Waals surface area (Å²) in [5, 5.41) is 4.31. The Morgan fingerprint density at radius 3 is 2.71 bits per heavy atom. The van der Waals surface area contributed by atoms with Crippen molar-refractivity contribution in [3.8, 4) is 0 Å². The van der Waals surface area contributed by atoms with Gasteiger partial charge in [-0.05, 0) is 60.4 Å². The minimum absolute atomic E-state index is 0.133. The van der Waals surface area contributed by atoms with E-state index in [9.17, 15) is 4.39 Å². The Morgan fingerprint density at radius 1 is 1.33 bits per heavy atom. The van der Waals surface area contributed by atoms with Gasteiger partial charge in [0.25, 0.3) is 0 Å². The van der Waals surface area contributed by atoms with Gasteiger partial charge in [0.1, 0.15) is 5.82 Å². The fourth-order valence-electron chi connectivity index (χ4n) is 3.92. The van der Waals surface area contributed by atoms with Crippen molar-refractivity contribution in [2.75, 3.05) is 6.54 Å². The molecule has 21 heavy (non-hydrogen) atoms. The molecule has 1 aromatic rings. The summed E-state index contributed by atoms with van der Waals surface area (Å²) < 4.78 is 13.7. The molecular weight excluding hydrogens is 285 g/mol. The molecule has 3 unspecified atom stereocenters. The van der Waals surface area contributed by atoms with Crippen molar-refractivity contribution < 1.29 is 4.39 Å². The molecule has 1 aliphatic carbocycles. The minimum Gasteiger partial charge on any atom is -0.314 e. The highest BCUT2D eigenvalue weighted by molar-refractivity contribution is 6.31. The zero-order valence-electron chi connectivity index (χ0n) is 13.5. The van der Waals surface area contributed by atoms with Crippen molar-refractivity contribution in [2.24, 2.45) is 11.8 Å². The van der Waals surface area contributed by atoms with Gasteiger partial charge in [-0.3, -0.25) is 0 Å². The molecule has 0 aromatic heterocycles. The van der Waals surface area contributed by atoms with Gasteiger partial charge in [-0.15, -0.1) is 0 Å². The largest absolute Gasteiger partial charge is 0.314 e. The van der Waals surface area contributed by atoms with Crippen LogP contribution in [0.5, 0.6) is 0 Å². The van der Waals surface area contributed by atoms with E-state index < -0.39 is 0 Å². The maximum atomic E-state index is 13.7. The quantitative estimate of drug-likeness (QED) is 0.808. The molecule has 0 radical (unpaired) electrons. The maximum absolute atomic E-state index is 13.7. The van der Waals surface area contributed by atoms with Crippen LogP contribution in [-0.4, -0.2) is 12.6 Å². The molecule has 0 bridgehead atoms. The van der Waals surface area contributed by atoms with Crippen LogP contribution in [0.15, 0.2) is 18.2 Å². The Morgan fingerprint density at radius 2 is 2.05 bits per heavy atom. The van der Waals surface area contributed by atoms with Crippen molar-refractivity contribution in [3.63, 3.8) is 0 Å². The van der Waals surface area contributed by atoms with Crippen LogP contribution in [0.2, 0.25) is 5.02 Å². The average molecular weight is 312 g/mol. The van der Waals surface area contributed by atoms with E-state index in [1.165, 1.54) is 25.3 Å². The van der Waals surface area contributed by atoms with Crippen LogP contribution in [0.1, 0.15) is 52.5 Å². The van der Waals surface area contributed by atoms with Crippen LogP contribution in [-0.2, 0) is 5.41 Å². The second kappa shape index (κ2) is 6.66. The number of benzene rings is 1. The van der Waals surface area contributed by atoms with E-state index in [-0.39, 0.29) is 11.2 Å². The van der Waals surface area contributed by atoms with Crippen molar-refractivity contribution in [1.29, 1.82) is 0 Å². The van der Waals surface area contributed by atoms with E-state index in [2.05, 4.69) is 33.0 Å². The SMILES string of the molecule is CCNC1CC(C)CCC1C(C)(C)c1cc(F)ccc1Cl. The number of hydrogen-bond donors (Lipinski definition) is 1. The molecule has 2 rings (SSSR count). The minimum atomic E-state index is -0.202. The topological polar surface area (TPSA) is 12.0 Å². The van der Waals surface area contributed by atoms with Gasteiger partial charge in [-0.1, -0.05) is 45.7 Å². The lowest BCUT2D eigenvalue weighted by Gasteiger charge is -2.45. The smallest absolute Gasteiger partial charge is 0.123 e. The molecule has 118 valence electrons. The second-order valence-electron chi connectivity index (χ2n) is 7.03. The first-order valence-electron chi connectivity index (χ1n) is 8.05. The molecule has 1 aromatic carbocycles. The van der Waals surface area contributed by atoms with E-state index in [1.54, 1.807) is 12.1 Å². The third kappa shape index (κ3) is 3.60. The number of rotatable bonds is 4. The van der Waals surface area contributed by atoms with Gasteiger partial charge in [-0.25, -0.2) is 4.39 Å². The first kappa shape index (κ1) is 16.8. The molecule has 0 saturated heterocycles. The summed E-state index contributed by atoms with van der Waals surface area (Å²) in [6.45, 7) is 9.86. The molecule has 1 saturated carbocycles. The summed E-state index contributed by atoms with van der Waals surface area (Å²) in [7, 11) is 0. The highest BCUT2D eigenvalue weighted by Crippen LogP contribution is 2.44. The van der Waals surface area contributed by atoms with Crippen molar-refractivity contribution >= 4 is 11.6 Å². The summed E-state index contributed by atoms with van der Waals surface area (Å²) >= 11 is 6.37. The molecular formula is C18H27ClFN. The fraction of sp³-hybridized carbons (Fsp3) is 0.667. The molecule has 1 nitrogen and oxygen atoms in total. The molecule has 3 heteroatoms. The molecule has 3 atom stereocenters. The van der Waals surface area contributed by atoms with Gasteiger partial charge in [0.2, 0.25) is 0 Å². The van der Waals surface area contributed by atoms with Gasteiger partial charge in [0.05, 0.1) is 0 Å². The van der Waals surface area contributed by atoms with Crippen molar-refractivity contribution in [2.45, 2.75) is 58.4 Å². The highest BCUT2D eigenvalue weighted by atomic mass is 35.5. The Hall–Kier alpha value is -0.600. The van der Waals surface area contributed by atoms with Crippen LogP contribution >= 0.6 is 11.6 Å². The maximum Gasteiger partial charge on any atom is 0.123 e. The third-order valence-electron chi connectivity index (χ3n) is 5.13. The first-order valence-corrected chi connectivity index (χ1v) is 8.43. The van der Waals surface area contributed by atoms with Crippen LogP contribution in [0, 0.1) is 17.7 Å². The van der Waals surface area contributed by atoms with E-state index in [4.69, 9.17) is 11.6 Å². The number of nitrogens with one attached hydrogen (secondary N) is 1. The van der Waals surface area contributed by atoms with Gasteiger partial charge < -0.3 is 5.32 Å². The summed E-state index contributed by atoms with van der Waals surface area (Å²) in [6.07, 6.45) is 3.59. The zero-order valence-corrected chi connectivity index (χ0v) is 14.3. The molecule has 0 heterocycles. The predicted octanol–water partition coefficient (Wildman–Crippen LogP) is 5.17. The van der Waals surface area contributed by atoms with E-state index in [0.717, 1.165) is 18.0 Å². The van der Waals surface area contributed by atoms with E-state index in [1.807, 2.05) is 0 Å². The lowest BCUT2D eigenvalue weighted by Crippen LogP contribution is -2.48. The Labute approximate surface area is 133 Å². The summed E-state index contributed by atoms with van der Waals surface area (Å²) in [5.41, 5.74) is 0.804. The third-order valence-corrected chi connectivity index (χ3v) is 5.46. The van der Waals surface area contributed by atoms with E-state index in [0.29, 0.717) is 17.0 Å². The van der Waals surface area contributed by atoms with Gasteiger partial charge in [0, 0.05) is 11.1 Å². The standard InChI is InChI=1S/C18H27ClFN/c1-5-21-17-10-12(2)6-8-14(17)18(3,4)15-11-13(20)7-9-16(15)19/h7,9,11-12,14,17,21H,5-6,8,10H2,1-4H3. The highest BCUT2D eigenvalue weighted by Gasteiger charge is 2.40. The van der Waals surface area contributed by atoms with Crippen molar-refractivity contribution in [3.05, 3.63) is 34.6 Å². The predicted molar refractivity (Wildman–Crippen MR) is 88.4 cm³/mol. The fourth-order valence-corrected chi connectivity index (χ4v) is 4.28. The summed E-state index contributed by atoms with van der Waals surface area (Å²) in [4.78, 5) is 0. The van der Waals surface area contributed by atoms with Crippen LogP contribution in [0.3, 0.4) is 0 Å². The molecule has 1 fully saturated rings. The van der Waals surface area contributed by atoms with E-state index >= 15 is 0 Å². The lowest BCUT2D eigenvalue weighted by molar-refractivity contribution is 0.147.